The zero-order chi connectivity index (χ0) is 14.4. The molecule has 0 spiro atoms. The van der Waals surface area contributed by atoms with Crippen molar-refractivity contribution >= 4 is 17.3 Å². The van der Waals surface area contributed by atoms with E-state index in [4.69, 9.17) is 11.6 Å². The molecule has 2 nitrogen and oxygen atoms in total. The van der Waals surface area contributed by atoms with E-state index in [2.05, 4.69) is 36.2 Å². The number of nitrogens with one attached hydrogen (secondary N) is 1. The molecule has 1 saturated carbocycles. The summed E-state index contributed by atoms with van der Waals surface area (Å²) in [6, 6.07) is 7.01. The number of halogens is 1. The fourth-order valence-corrected chi connectivity index (χ4v) is 3.40. The molecule has 1 aliphatic rings. The van der Waals surface area contributed by atoms with Gasteiger partial charge in [0.25, 0.3) is 0 Å². The molecule has 1 aromatic carbocycles. The minimum Gasteiger partial charge on any atom is -0.369 e. The van der Waals surface area contributed by atoms with Crippen LogP contribution in [0.4, 0.5) is 5.69 Å². The van der Waals surface area contributed by atoms with Crippen LogP contribution in [0.2, 0.25) is 5.02 Å². The van der Waals surface area contributed by atoms with Crippen molar-refractivity contribution in [2.24, 2.45) is 0 Å². The summed E-state index contributed by atoms with van der Waals surface area (Å²) < 4.78 is 0. The zero-order valence-electron chi connectivity index (χ0n) is 12.8. The lowest BCUT2D eigenvalue weighted by molar-refractivity contribution is 0.417. The highest BCUT2D eigenvalue weighted by Crippen LogP contribution is 2.31. The first-order valence-corrected chi connectivity index (χ1v) is 8.39. The summed E-state index contributed by atoms with van der Waals surface area (Å²) in [4.78, 5) is 2.57. The van der Waals surface area contributed by atoms with Crippen molar-refractivity contribution in [3.63, 3.8) is 0 Å². The largest absolute Gasteiger partial charge is 0.369 e. The third-order valence-electron chi connectivity index (χ3n) is 4.28. The summed E-state index contributed by atoms with van der Waals surface area (Å²) in [5.74, 6) is 0. The van der Waals surface area contributed by atoms with E-state index in [0.29, 0.717) is 6.04 Å². The highest BCUT2D eigenvalue weighted by Gasteiger charge is 2.22. The molecule has 3 heteroatoms. The van der Waals surface area contributed by atoms with Crippen LogP contribution in [0.1, 0.15) is 51.5 Å². The molecule has 1 fully saturated rings. The van der Waals surface area contributed by atoms with Gasteiger partial charge >= 0.3 is 0 Å². The smallest absolute Gasteiger partial charge is 0.0429 e. The van der Waals surface area contributed by atoms with Gasteiger partial charge in [-0.05, 0) is 44.0 Å². The van der Waals surface area contributed by atoms with E-state index in [-0.39, 0.29) is 0 Å². The van der Waals surface area contributed by atoms with Crippen LogP contribution < -0.4 is 10.2 Å². The topological polar surface area (TPSA) is 15.3 Å². The second-order valence-corrected chi connectivity index (χ2v) is 6.07. The zero-order valence-corrected chi connectivity index (χ0v) is 13.5. The summed E-state index contributed by atoms with van der Waals surface area (Å²) in [7, 11) is 0. The van der Waals surface area contributed by atoms with Crippen LogP contribution in [0.5, 0.6) is 0 Å². The van der Waals surface area contributed by atoms with E-state index in [1.807, 2.05) is 6.07 Å². The molecule has 0 saturated heterocycles. The average Bonchev–Trinajstić information content (AvgIpc) is 2.48. The minimum atomic E-state index is 0.688. The van der Waals surface area contributed by atoms with Crippen LogP contribution in [-0.4, -0.2) is 19.1 Å². The Morgan fingerprint density at radius 2 is 1.95 bits per heavy atom. The monoisotopic (exact) mass is 294 g/mol. The van der Waals surface area contributed by atoms with Gasteiger partial charge in [0.1, 0.15) is 0 Å². The molecule has 20 heavy (non-hydrogen) atoms. The third kappa shape index (κ3) is 3.89. The summed E-state index contributed by atoms with van der Waals surface area (Å²) in [5, 5.41) is 4.28. The van der Waals surface area contributed by atoms with Crippen LogP contribution in [0, 0.1) is 0 Å². The van der Waals surface area contributed by atoms with Gasteiger partial charge in [0, 0.05) is 29.8 Å². The number of rotatable bonds is 6. The molecule has 1 aliphatic carbocycles. The first kappa shape index (κ1) is 15.7. The van der Waals surface area contributed by atoms with Crippen molar-refractivity contribution in [3.05, 3.63) is 28.8 Å². The van der Waals surface area contributed by atoms with Gasteiger partial charge in [0.05, 0.1) is 0 Å². The summed E-state index contributed by atoms with van der Waals surface area (Å²) in [6.07, 6.45) is 6.77. The number of nitrogens with zero attached hydrogens (tertiary/aromatic N) is 1. The van der Waals surface area contributed by atoms with Crippen LogP contribution in [-0.2, 0) is 6.54 Å². The Kier molecular flexibility index (Phi) is 6.18. The Morgan fingerprint density at radius 1 is 1.20 bits per heavy atom. The first-order valence-electron chi connectivity index (χ1n) is 8.02. The summed E-state index contributed by atoms with van der Waals surface area (Å²) in [5.41, 5.74) is 2.69. The SMILES string of the molecule is CCNCc1ccc(Cl)cc1N(CC)C1CCCCC1. The lowest BCUT2D eigenvalue weighted by atomic mass is 9.93. The van der Waals surface area contributed by atoms with Crippen LogP contribution in [0.25, 0.3) is 0 Å². The third-order valence-corrected chi connectivity index (χ3v) is 4.51. The summed E-state index contributed by atoms with van der Waals surface area (Å²) >= 11 is 6.24. The van der Waals surface area contributed by atoms with Gasteiger partial charge in [-0.2, -0.15) is 0 Å². The molecule has 2 rings (SSSR count). The molecule has 0 bridgehead atoms. The lowest BCUT2D eigenvalue weighted by Crippen LogP contribution is -2.37. The van der Waals surface area contributed by atoms with Crippen molar-refractivity contribution in [1.82, 2.24) is 5.32 Å². The maximum atomic E-state index is 6.24. The van der Waals surface area contributed by atoms with E-state index >= 15 is 0 Å². The molecule has 0 aliphatic heterocycles. The maximum absolute atomic E-state index is 6.24. The van der Waals surface area contributed by atoms with Crippen molar-refractivity contribution in [2.75, 3.05) is 18.0 Å². The van der Waals surface area contributed by atoms with Gasteiger partial charge in [0.2, 0.25) is 0 Å². The van der Waals surface area contributed by atoms with Gasteiger partial charge in [-0.15, -0.1) is 0 Å². The predicted octanol–water partition coefficient (Wildman–Crippen LogP) is 4.61. The second kappa shape index (κ2) is 7.90. The molecule has 0 radical (unpaired) electrons. The number of benzene rings is 1. The van der Waals surface area contributed by atoms with E-state index in [0.717, 1.165) is 24.7 Å². The molecule has 0 amide bonds. The number of anilines is 1. The fourth-order valence-electron chi connectivity index (χ4n) is 3.23. The minimum absolute atomic E-state index is 0.688. The van der Waals surface area contributed by atoms with E-state index in [1.54, 1.807) is 0 Å². The Morgan fingerprint density at radius 3 is 2.60 bits per heavy atom. The van der Waals surface area contributed by atoms with Gasteiger partial charge in [-0.1, -0.05) is 43.9 Å². The fraction of sp³-hybridized carbons (Fsp3) is 0.647. The van der Waals surface area contributed by atoms with E-state index in [1.165, 1.54) is 43.4 Å². The van der Waals surface area contributed by atoms with Crippen molar-refractivity contribution in [2.45, 2.75) is 58.5 Å². The first-order chi connectivity index (χ1) is 9.76. The van der Waals surface area contributed by atoms with Crippen LogP contribution >= 0.6 is 11.6 Å². The quantitative estimate of drug-likeness (QED) is 0.824. The van der Waals surface area contributed by atoms with Crippen molar-refractivity contribution in [1.29, 1.82) is 0 Å². The normalized spacial score (nSPS) is 16.4. The van der Waals surface area contributed by atoms with Crippen molar-refractivity contribution in [3.8, 4) is 0 Å². The predicted molar refractivity (Wildman–Crippen MR) is 88.7 cm³/mol. The van der Waals surface area contributed by atoms with Crippen LogP contribution in [0.3, 0.4) is 0 Å². The number of hydrogen-bond donors (Lipinski definition) is 1. The Bertz CT molecular complexity index is 413. The van der Waals surface area contributed by atoms with Gasteiger partial charge in [-0.3, -0.25) is 0 Å². The van der Waals surface area contributed by atoms with E-state index in [9.17, 15) is 0 Å². The highest BCUT2D eigenvalue weighted by atomic mass is 35.5. The Balaban J connectivity index is 2.23. The molecule has 1 aromatic rings. The average molecular weight is 295 g/mol. The lowest BCUT2D eigenvalue weighted by Gasteiger charge is -2.36. The van der Waals surface area contributed by atoms with Crippen molar-refractivity contribution < 1.29 is 0 Å². The summed E-state index contributed by atoms with van der Waals surface area (Å²) in [6.45, 7) is 7.38. The standard InChI is InChI=1S/C17H27ClN2/c1-3-19-13-14-10-11-15(18)12-17(14)20(4-2)16-8-6-5-7-9-16/h10-12,16,19H,3-9,13H2,1-2H3. The molecule has 0 unspecified atom stereocenters. The molecule has 0 aromatic heterocycles. The van der Waals surface area contributed by atoms with Gasteiger partial charge in [-0.25, -0.2) is 0 Å². The Hall–Kier alpha value is -0.730. The molecule has 0 atom stereocenters. The highest BCUT2D eigenvalue weighted by molar-refractivity contribution is 6.30. The van der Waals surface area contributed by atoms with Gasteiger partial charge in [0.15, 0.2) is 0 Å². The number of hydrogen-bond acceptors (Lipinski definition) is 2. The molecule has 112 valence electrons. The van der Waals surface area contributed by atoms with E-state index < -0.39 is 0 Å². The molecule has 0 heterocycles. The molecule has 1 N–H and O–H groups in total. The maximum Gasteiger partial charge on any atom is 0.0429 e. The second-order valence-electron chi connectivity index (χ2n) is 5.63. The van der Waals surface area contributed by atoms with Crippen LogP contribution in [0.15, 0.2) is 18.2 Å². The Labute approximate surface area is 128 Å². The molecular weight excluding hydrogens is 268 g/mol. The van der Waals surface area contributed by atoms with Gasteiger partial charge < -0.3 is 10.2 Å². The molecular formula is C17H27ClN2.